The van der Waals surface area contributed by atoms with Crippen LogP contribution in [0.1, 0.15) is 5.56 Å². The second-order valence-corrected chi connectivity index (χ2v) is 3.84. The molecule has 0 aliphatic carbocycles. The average Bonchev–Trinajstić information content (AvgIpc) is 2.43. The van der Waals surface area contributed by atoms with E-state index in [9.17, 15) is 14.9 Å². The van der Waals surface area contributed by atoms with E-state index in [1.165, 1.54) is 13.2 Å². The van der Waals surface area contributed by atoms with E-state index < -0.39 is 10.9 Å². The fourth-order valence-electron chi connectivity index (χ4n) is 1.84. The minimum atomic E-state index is -0.553. The van der Waals surface area contributed by atoms with E-state index in [2.05, 4.69) is 4.74 Å². The first kappa shape index (κ1) is 12.8. The van der Waals surface area contributed by atoms with E-state index in [1.54, 1.807) is 30.3 Å². The molecule has 2 aromatic carbocycles. The van der Waals surface area contributed by atoms with Crippen molar-refractivity contribution in [2.75, 3.05) is 7.11 Å². The van der Waals surface area contributed by atoms with Crippen LogP contribution in [0.3, 0.4) is 0 Å². The molecule has 2 aromatic rings. The number of esters is 1. The molecule has 0 saturated carbocycles. The number of benzene rings is 2. The third kappa shape index (κ3) is 2.60. The Kier molecular flexibility index (Phi) is 3.56. The first-order valence-electron chi connectivity index (χ1n) is 5.55. The van der Waals surface area contributed by atoms with Gasteiger partial charge in [0.05, 0.1) is 23.0 Å². The summed E-state index contributed by atoms with van der Waals surface area (Å²) >= 11 is 0. The molecular formula is C14H11NO4. The Bertz CT molecular complexity index is 676. The molecule has 0 radical (unpaired) electrons. The highest BCUT2D eigenvalue weighted by molar-refractivity contribution is 5.96. The normalized spacial score (nSPS) is 10.8. The molecule has 0 unspecified atom stereocenters. The minimum absolute atomic E-state index is 0.0155. The monoisotopic (exact) mass is 257 g/mol. The van der Waals surface area contributed by atoms with Crippen LogP contribution >= 0.6 is 0 Å². The number of carbonyl (C=O) groups is 1. The molecular weight excluding hydrogens is 246 g/mol. The zero-order valence-corrected chi connectivity index (χ0v) is 10.2. The van der Waals surface area contributed by atoms with Crippen molar-refractivity contribution < 1.29 is 14.5 Å². The van der Waals surface area contributed by atoms with Gasteiger partial charge in [-0.15, -0.1) is 0 Å². The van der Waals surface area contributed by atoms with Crippen molar-refractivity contribution in [2.45, 2.75) is 0 Å². The number of nitrogens with zero attached hydrogens (tertiary/aromatic N) is 1. The number of hydrogen-bond acceptors (Lipinski definition) is 4. The first-order chi connectivity index (χ1) is 9.13. The second kappa shape index (κ2) is 5.30. The highest BCUT2D eigenvalue weighted by Gasteiger charge is 2.16. The molecule has 0 aliphatic rings. The number of ether oxygens (including phenoxy) is 1. The maximum Gasteiger partial charge on any atom is 0.330 e. The van der Waals surface area contributed by atoms with Crippen LogP contribution in [-0.2, 0) is 9.53 Å². The number of carbonyl (C=O) groups excluding carboxylic acids is 1. The van der Waals surface area contributed by atoms with Gasteiger partial charge >= 0.3 is 5.97 Å². The molecule has 0 bridgehead atoms. The fraction of sp³-hybridized carbons (Fsp3) is 0.0714. The Morgan fingerprint density at radius 1 is 1.26 bits per heavy atom. The summed E-state index contributed by atoms with van der Waals surface area (Å²) in [7, 11) is 1.25. The third-order valence-electron chi connectivity index (χ3n) is 2.71. The molecule has 0 aliphatic heterocycles. The van der Waals surface area contributed by atoms with Gasteiger partial charge < -0.3 is 4.74 Å². The van der Waals surface area contributed by atoms with E-state index in [-0.39, 0.29) is 5.69 Å². The highest BCUT2D eigenvalue weighted by Crippen LogP contribution is 2.30. The Morgan fingerprint density at radius 2 is 2.00 bits per heavy atom. The van der Waals surface area contributed by atoms with Gasteiger partial charge in [0.1, 0.15) is 0 Å². The van der Waals surface area contributed by atoms with Crippen molar-refractivity contribution in [3.8, 4) is 0 Å². The topological polar surface area (TPSA) is 69.4 Å². The standard InChI is InChI=1S/C14H11NO4/c1-19-13(16)9-8-11-7-6-10-4-2-3-5-12(10)14(11)15(17)18/h2-9H,1H3. The number of nitro groups is 1. The van der Waals surface area contributed by atoms with Gasteiger partial charge in [0.2, 0.25) is 0 Å². The minimum Gasteiger partial charge on any atom is -0.466 e. The molecule has 0 fully saturated rings. The molecule has 19 heavy (non-hydrogen) atoms. The SMILES string of the molecule is COC(=O)C=Cc1ccc2ccccc2c1[N+](=O)[O-]. The van der Waals surface area contributed by atoms with Crippen molar-refractivity contribution in [3.63, 3.8) is 0 Å². The van der Waals surface area contributed by atoms with Crippen LogP contribution in [0.2, 0.25) is 0 Å². The summed E-state index contributed by atoms with van der Waals surface area (Å²) in [5.41, 5.74) is 0.354. The van der Waals surface area contributed by atoms with Gasteiger partial charge in [-0.2, -0.15) is 0 Å². The lowest BCUT2D eigenvalue weighted by atomic mass is 10.0. The van der Waals surface area contributed by atoms with Crippen molar-refractivity contribution in [1.82, 2.24) is 0 Å². The molecule has 0 atom stereocenters. The zero-order valence-electron chi connectivity index (χ0n) is 10.2. The van der Waals surface area contributed by atoms with E-state index in [0.717, 1.165) is 11.5 Å². The number of fused-ring (bicyclic) bond motifs is 1. The smallest absolute Gasteiger partial charge is 0.330 e. The molecule has 0 spiro atoms. The van der Waals surface area contributed by atoms with Crippen molar-refractivity contribution in [2.24, 2.45) is 0 Å². The van der Waals surface area contributed by atoms with Crippen LogP contribution in [0, 0.1) is 10.1 Å². The van der Waals surface area contributed by atoms with Gasteiger partial charge in [-0.25, -0.2) is 4.79 Å². The predicted molar refractivity (Wildman–Crippen MR) is 71.7 cm³/mol. The highest BCUT2D eigenvalue weighted by atomic mass is 16.6. The summed E-state index contributed by atoms with van der Waals surface area (Å²) < 4.78 is 4.46. The van der Waals surface area contributed by atoms with Crippen molar-refractivity contribution >= 4 is 28.5 Å². The van der Waals surface area contributed by atoms with Crippen LogP contribution in [0.5, 0.6) is 0 Å². The van der Waals surface area contributed by atoms with Gasteiger partial charge in [-0.1, -0.05) is 24.3 Å². The van der Waals surface area contributed by atoms with E-state index in [1.807, 2.05) is 6.07 Å². The van der Waals surface area contributed by atoms with Crippen molar-refractivity contribution in [3.05, 3.63) is 58.2 Å². The molecule has 5 nitrogen and oxygen atoms in total. The quantitative estimate of drug-likeness (QED) is 0.367. The van der Waals surface area contributed by atoms with Crippen molar-refractivity contribution in [1.29, 1.82) is 0 Å². The average molecular weight is 257 g/mol. The Balaban J connectivity index is 2.61. The Hall–Kier alpha value is -2.69. The fourth-order valence-corrected chi connectivity index (χ4v) is 1.84. The van der Waals surface area contributed by atoms with Crippen LogP contribution in [0.4, 0.5) is 5.69 Å². The predicted octanol–water partition coefficient (Wildman–Crippen LogP) is 2.93. The zero-order chi connectivity index (χ0) is 13.8. The maximum absolute atomic E-state index is 11.2. The van der Waals surface area contributed by atoms with Crippen LogP contribution < -0.4 is 0 Å². The van der Waals surface area contributed by atoms with Gasteiger partial charge in [-0.05, 0) is 23.6 Å². The van der Waals surface area contributed by atoms with Crippen LogP contribution in [-0.4, -0.2) is 18.0 Å². The number of nitro benzene ring substituents is 1. The van der Waals surface area contributed by atoms with Gasteiger partial charge in [0, 0.05) is 6.08 Å². The molecule has 96 valence electrons. The Labute approximate surface area is 109 Å². The number of methoxy groups -OCH3 is 1. The summed E-state index contributed by atoms with van der Waals surface area (Å²) in [5, 5.41) is 12.5. The number of hydrogen-bond donors (Lipinski definition) is 0. The van der Waals surface area contributed by atoms with Gasteiger partial charge in [-0.3, -0.25) is 10.1 Å². The van der Waals surface area contributed by atoms with Gasteiger partial charge in [0.25, 0.3) is 5.69 Å². The molecule has 0 N–H and O–H groups in total. The van der Waals surface area contributed by atoms with Crippen LogP contribution in [0.25, 0.3) is 16.8 Å². The third-order valence-corrected chi connectivity index (χ3v) is 2.71. The summed E-state index contributed by atoms with van der Waals surface area (Å²) in [4.78, 5) is 21.8. The first-order valence-corrected chi connectivity index (χ1v) is 5.55. The molecule has 2 rings (SSSR count). The van der Waals surface area contributed by atoms with E-state index in [4.69, 9.17) is 0 Å². The lowest BCUT2D eigenvalue weighted by Crippen LogP contribution is -1.96. The lowest BCUT2D eigenvalue weighted by molar-refractivity contribution is -0.383. The molecule has 0 saturated heterocycles. The summed E-state index contributed by atoms with van der Waals surface area (Å²) in [6, 6.07) is 10.4. The summed E-state index contributed by atoms with van der Waals surface area (Å²) in [6.45, 7) is 0. The molecule has 0 aromatic heterocycles. The number of rotatable bonds is 3. The maximum atomic E-state index is 11.2. The molecule has 0 amide bonds. The van der Waals surface area contributed by atoms with E-state index in [0.29, 0.717) is 10.9 Å². The molecule has 5 heteroatoms. The largest absolute Gasteiger partial charge is 0.466 e. The summed E-state index contributed by atoms with van der Waals surface area (Å²) in [6.07, 6.45) is 2.55. The second-order valence-electron chi connectivity index (χ2n) is 3.84. The molecule has 0 heterocycles. The Morgan fingerprint density at radius 3 is 2.68 bits per heavy atom. The van der Waals surface area contributed by atoms with Crippen LogP contribution in [0.15, 0.2) is 42.5 Å². The lowest BCUT2D eigenvalue weighted by Gasteiger charge is -2.02. The summed E-state index contributed by atoms with van der Waals surface area (Å²) in [5.74, 6) is -0.553. The van der Waals surface area contributed by atoms with E-state index >= 15 is 0 Å². The van der Waals surface area contributed by atoms with Gasteiger partial charge in [0.15, 0.2) is 0 Å².